The number of methoxy groups -OCH3 is 1. The molecule has 1 aliphatic rings. The van der Waals surface area contributed by atoms with Gasteiger partial charge in [-0.3, -0.25) is 9.79 Å². The Morgan fingerprint density at radius 1 is 1.30 bits per heavy atom. The lowest BCUT2D eigenvalue weighted by Gasteiger charge is -2.33. The maximum absolute atomic E-state index is 11.6. The van der Waals surface area contributed by atoms with E-state index in [1.165, 1.54) is 20.0 Å². The zero-order chi connectivity index (χ0) is 16.4. The SMILES string of the molecule is CCNC(=NCCCCC(C)C)N1CCC(C(=O)OC)CC1.I. The molecule has 0 aromatic carbocycles. The molecule has 0 amide bonds. The summed E-state index contributed by atoms with van der Waals surface area (Å²) in [5.41, 5.74) is 0. The standard InChI is InChI=1S/C17H33N3O2.HI/c1-5-18-17(19-11-7-6-8-14(2)3)20-12-9-15(10-13-20)16(21)22-4;/h14-15H,5-13H2,1-4H3,(H,18,19);1H. The molecule has 1 N–H and O–H groups in total. The van der Waals surface area contributed by atoms with Crippen molar-refractivity contribution in [2.24, 2.45) is 16.8 Å². The fourth-order valence-corrected chi connectivity index (χ4v) is 2.77. The number of nitrogens with zero attached hydrogens (tertiary/aromatic N) is 2. The smallest absolute Gasteiger partial charge is 0.308 e. The van der Waals surface area contributed by atoms with Crippen molar-refractivity contribution in [1.29, 1.82) is 0 Å². The number of piperidine rings is 1. The average Bonchev–Trinajstić information content (AvgIpc) is 2.52. The highest BCUT2D eigenvalue weighted by atomic mass is 127. The Labute approximate surface area is 158 Å². The predicted molar refractivity (Wildman–Crippen MR) is 106 cm³/mol. The van der Waals surface area contributed by atoms with Crippen molar-refractivity contribution in [3.63, 3.8) is 0 Å². The van der Waals surface area contributed by atoms with Gasteiger partial charge in [-0.25, -0.2) is 0 Å². The molecule has 0 bridgehead atoms. The van der Waals surface area contributed by atoms with Gasteiger partial charge < -0.3 is 15.0 Å². The monoisotopic (exact) mass is 439 g/mol. The summed E-state index contributed by atoms with van der Waals surface area (Å²) in [7, 11) is 1.47. The van der Waals surface area contributed by atoms with E-state index in [4.69, 9.17) is 9.73 Å². The largest absolute Gasteiger partial charge is 0.469 e. The molecule has 0 aromatic rings. The van der Waals surface area contributed by atoms with Crippen molar-refractivity contribution in [3.8, 4) is 0 Å². The van der Waals surface area contributed by atoms with Gasteiger partial charge in [-0.1, -0.05) is 26.7 Å². The summed E-state index contributed by atoms with van der Waals surface area (Å²) in [4.78, 5) is 18.6. The second kappa shape index (κ2) is 12.8. The van der Waals surface area contributed by atoms with E-state index in [2.05, 4.69) is 31.0 Å². The number of esters is 1. The Bertz CT molecular complexity index is 354. The maximum atomic E-state index is 11.6. The van der Waals surface area contributed by atoms with E-state index in [-0.39, 0.29) is 35.9 Å². The lowest BCUT2D eigenvalue weighted by Crippen LogP contribution is -2.46. The number of hydrogen-bond acceptors (Lipinski definition) is 3. The summed E-state index contributed by atoms with van der Waals surface area (Å²) >= 11 is 0. The van der Waals surface area contributed by atoms with Crippen LogP contribution in [-0.4, -0.2) is 50.1 Å². The summed E-state index contributed by atoms with van der Waals surface area (Å²) in [5.74, 6) is 1.75. The van der Waals surface area contributed by atoms with Crippen LogP contribution in [-0.2, 0) is 9.53 Å². The number of hydrogen-bond donors (Lipinski definition) is 1. The average molecular weight is 439 g/mol. The molecule has 1 saturated heterocycles. The maximum Gasteiger partial charge on any atom is 0.308 e. The van der Waals surface area contributed by atoms with Gasteiger partial charge in [0.2, 0.25) is 0 Å². The minimum atomic E-state index is -0.0738. The van der Waals surface area contributed by atoms with Gasteiger partial charge in [-0.2, -0.15) is 0 Å². The second-order valence-corrected chi connectivity index (χ2v) is 6.41. The third kappa shape index (κ3) is 8.77. The number of carbonyl (C=O) groups is 1. The van der Waals surface area contributed by atoms with Crippen LogP contribution < -0.4 is 5.32 Å². The molecule has 23 heavy (non-hydrogen) atoms. The van der Waals surface area contributed by atoms with E-state index in [9.17, 15) is 4.79 Å². The molecule has 0 atom stereocenters. The van der Waals surface area contributed by atoms with E-state index in [1.54, 1.807) is 0 Å². The third-order valence-corrected chi connectivity index (χ3v) is 4.12. The molecule has 0 radical (unpaired) electrons. The number of aliphatic imine (C=N–C) groups is 1. The number of guanidine groups is 1. The normalized spacial score (nSPS) is 16.2. The van der Waals surface area contributed by atoms with Crippen LogP contribution in [0.3, 0.4) is 0 Å². The van der Waals surface area contributed by atoms with Crippen molar-refractivity contribution in [2.75, 3.05) is 33.3 Å². The molecule has 0 aromatic heterocycles. The lowest BCUT2D eigenvalue weighted by atomic mass is 9.97. The highest BCUT2D eigenvalue weighted by Gasteiger charge is 2.26. The topological polar surface area (TPSA) is 53.9 Å². The number of likely N-dealkylation sites (tertiary alicyclic amines) is 1. The zero-order valence-electron chi connectivity index (χ0n) is 15.1. The fourth-order valence-electron chi connectivity index (χ4n) is 2.77. The molecule has 5 nitrogen and oxygen atoms in total. The summed E-state index contributed by atoms with van der Waals surface area (Å²) in [5, 5.41) is 3.37. The first-order valence-corrected chi connectivity index (χ1v) is 8.69. The summed E-state index contributed by atoms with van der Waals surface area (Å²) in [6.07, 6.45) is 5.36. The highest BCUT2D eigenvalue weighted by molar-refractivity contribution is 14.0. The van der Waals surface area contributed by atoms with Crippen LogP contribution >= 0.6 is 24.0 Å². The Morgan fingerprint density at radius 2 is 1.96 bits per heavy atom. The first kappa shape index (κ1) is 22.5. The van der Waals surface area contributed by atoms with Gasteiger partial charge in [0.05, 0.1) is 13.0 Å². The highest BCUT2D eigenvalue weighted by Crippen LogP contribution is 2.18. The summed E-state index contributed by atoms with van der Waals surface area (Å²) in [6, 6.07) is 0. The van der Waals surface area contributed by atoms with Crippen LogP contribution in [0.5, 0.6) is 0 Å². The van der Waals surface area contributed by atoms with E-state index >= 15 is 0 Å². The number of ether oxygens (including phenoxy) is 1. The molecule has 0 unspecified atom stereocenters. The number of unbranched alkanes of at least 4 members (excludes halogenated alkanes) is 1. The minimum absolute atomic E-state index is 0. The van der Waals surface area contributed by atoms with E-state index < -0.39 is 0 Å². The molecule has 136 valence electrons. The van der Waals surface area contributed by atoms with Crippen LogP contribution in [0.25, 0.3) is 0 Å². The van der Waals surface area contributed by atoms with Gasteiger partial charge in [0, 0.05) is 26.2 Å². The molecule has 1 heterocycles. The first-order valence-electron chi connectivity index (χ1n) is 8.69. The summed E-state index contributed by atoms with van der Waals surface area (Å²) in [6.45, 7) is 10.1. The molecular formula is C17H34IN3O2. The molecule has 0 aliphatic carbocycles. The van der Waals surface area contributed by atoms with Crippen molar-refractivity contribution >= 4 is 35.9 Å². The Morgan fingerprint density at radius 3 is 2.48 bits per heavy atom. The van der Waals surface area contributed by atoms with Crippen LogP contribution in [0, 0.1) is 11.8 Å². The number of carbonyl (C=O) groups excluding carboxylic acids is 1. The molecule has 1 fully saturated rings. The molecule has 1 aliphatic heterocycles. The van der Waals surface area contributed by atoms with Crippen molar-refractivity contribution in [1.82, 2.24) is 10.2 Å². The zero-order valence-corrected chi connectivity index (χ0v) is 17.5. The van der Waals surface area contributed by atoms with Gasteiger partial charge >= 0.3 is 5.97 Å². The van der Waals surface area contributed by atoms with Crippen molar-refractivity contribution < 1.29 is 9.53 Å². The molecule has 0 spiro atoms. The van der Waals surface area contributed by atoms with E-state index in [0.717, 1.165) is 57.3 Å². The Hall–Kier alpha value is -0.530. The molecule has 1 rings (SSSR count). The second-order valence-electron chi connectivity index (χ2n) is 6.41. The number of halogens is 1. The molecular weight excluding hydrogens is 405 g/mol. The minimum Gasteiger partial charge on any atom is -0.469 e. The van der Waals surface area contributed by atoms with Crippen LogP contribution in [0.15, 0.2) is 4.99 Å². The van der Waals surface area contributed by atoms with E-state index in [0.29, 0.717) is 0 Å². The van der Waals surface area contributed by atoms with Crippen LogP contribution in [0.4, 0.5) is 0 Å². The van der Waals surface area contributed by atoms with Crippen LogP contribution in [0.2, 0.25) is 0 Å². The Balaban J connectivity index is 0.00000484. The molecule has 0 saturated carbocycles. The quantitative estimate of drug-likeness (QED) is 0.218. The van der Waals surface area contributed by atoms with E-state index in [1.807, 2.05) is 0 Å². The van der Waals surface area contributed by atoms with Gasteiger partial charge in [0.15, 0.2) is 5.96 Å². The predicted octanol–water partition coefficient (Wildman–Crippen LogP) is 3.28. The lowest BCUT2D eigenvalue weighted by molar-refractivity contribution is -0.146. The number of nitrogens with one attached hydrogen (secondary N) is 1. The van der Waals surface area contributed by atoms with Crippen molar-refractivity contribution in [2.45, 2.75) is 52.9 Å². The van der Waals surface area contributed by atoms with Crippen LogP contribution in [0.1, 0.15) is 52.9 Å². The van der Waals surface area contributed by atoms with Crippen molar-refractivity contribution in [3.05, 3.63) is 0 Å². The Kier molecular flexibility index (Phi) is 12.5. The summed E-state index contributed by atoms with van der Waals surface area (Å²) < 4.78 is 4.84. The van der Waals surface area contributed by atoms with Gasteiger partial charge in [-0.05, 0) is 32.1 Å². The number of rotatable bonds is 7. The molecule has 6 heteroatoms. The van der Waals surface area contributed by atoms with Gasteiger partial charge in [-0.15, -0.1) is 24.0 Å². The van der Waals surface area contributed by atoms with Gasteiger partial charge in [0.25, 0.3) is 0 Å². The first-order chi connectivity index (χ1) is 10.6. The fraction of sp³-hybridized carbons (Fsp3) is 0.882. The van der Waals surface area contributed by atoms with Gasteiger partial charge in [0.1, 0.15) is 0 Å². The third-order valence-electron chi connectivity index (χ3n) is 4.12.